The summed E-state index contributed by atoms with van der Waals surface area (Å²) in [5, 5.41) is 0. The minimum atomic E-state index is -4.33. The van der Waals surface area contributed by atoms with Crippen molar-refractivity contribution < 1.29 is 16.8 Å². The average Bonchev–Trinajstić information content (AvgIpc) is 2.69. The molecule has 0 saturated carbocycles. The first-order valence-electron chi connectivity index (χ1n) is 8.46. The van der Waals surface area contributed by atoms with E-state index in [1.807, 2.05) is 25.1 Å². The minimum Gasteiger partial charge on any atom is -0.200 e. The second-order valence-corrected chi connectivity index (χ2v) is 9.95. The maximum Gasteiger partial charge on any atom is 0.277 e. The summed E-state index contributed by atoms with van der Waals surface area (Å²) in [7, 11) is -8.66. The van der Waals surface area contributed by atoms with Crippen LogP contribution in [0, 0.1) is 6.92 Å². The zero-order chi connectivity index (χ0) is 20.2. The number of rotatable bonds is 6. The van der Waals surface area contributed by atoms with E-state index in [4.69, 9.17) is 0 Å². The maximum absolute atomic E-state index is 13.1. The molecule has 0 bridgehead atoms. The number of aryl methyl sites for hydroxylation is 1. The van der Waals surface area contributed by atoms with Gasteiger partial charge in [-0.25, -0.2) is 16.8 Å². The normalized spacial score (nSPS) is 12.2. The van der Waals surface area contributed by atoms with E-state index in [9.17, 15) is 16.8 Å². The Morgan fingerprint density at radius 3 is 1.64 bits per heavy atom. The zero-order valence-corrected chi connectivity index (χ0v) is 16.8. The highest BCUT2D eigenvalue weighted by molar-refractivity contribution is 8.04. The van der Waals surface area contributed by atoms with Gasteiger partial charge in [0.2, 0.25) is 0 Å². The first-order chi connectivity index (χ1) is 13.3. The Morgan fingerprint density at radius 1 is 0.679 bits per heavy atom. The fourth-order valence-electron chi connectivity index (χ4n) is 2.60. The van der Waals surface area contributed by atoms with Crippen LogP contribution < -0.4 is 0 Å². The predicted octanol–water partition coefficient (Wildman–Crippen LogP) is 4.05. The highest BCUT2D eigenvalue weighted by atomic mass is 32.3. The van der Waals surface area contributed by atoms with E-state index in [-0.39, 0.29) is 9.79 Å². The summed E-state index contributed by atoms with van der Waals surface area (Å²) >= 11 is 0. The molecule has 0 spiro atoms. The van der Waals surface area contributed by atoms with Gasteiger partial charge in [0.25, 0.3) is 20.0 Å². The molecular formula is C21H19NO4S2. The van der Waals surface area contributed by atoms with Gasteiger partial charge in [0.15, 0.2) is 0 Å². The van der Waals surface area contributed by atoms with E-state index in [2.05, 4.69) is 0 Å². The van der Waals surface area contributed by atoms with Gasteiger partial charge in [0.1, 0.15) is 0 Å². The topological polar surface area (TPSA) is 71.5 Å². The van der Waals surface area contributed by atoms with Crippen LogP contribution in [0.5, 0.6) is 0 Å². The number of benzene rings is 3. The summed E-state index contributed by atoms with van der Waals surface area (Å²) in [6, 6.07) is 22.3. The Balaban J connectivity index is 2.14. The van der Waals surface area contributed by atoms with Gasteiger partial charge in [0, 0.05) is 6.20 Å². The van der Waals surface area contributed by atoms with Crippen LogP contribution in [0.1, 0.15) is 11.1 Å². The van der Waals surface area contributed by atoms with Crippen LogP contribution in [0.2, 0.25) is 0 Å². The molecule has 0 aliphatic carbocycles. The van der Waals surface area contributed by atoms with Gasteiger partial charge < -0.3 is 0 Å². The Morgan fingerprint density at radius 2 is 1.18 bits per heavy atom. The predicted molar refractivity (Wildman–Crippen MR) is 109 cm³/mol. The molecule has 144 valence electrons. The monoisotopic (exact) mass is 413 g/mol. The van der Waals surface area contributed by atoms with Crippen LogP contribution in [-0.4, -0.2) is 20.5 Å². The molecule has 0 heterocycles. The van der Waals surface area contributed by atoms with Crippen LogP contribution in [0.15, 0.2) is 101 Å². The first-order valence-corrected chi connectivity index (χ1v) is 11.3. The summed E-state index contributed by atoms with van der Waals surface area (Å²) in [5.41, 5.74) is 1.67. The summed E-state index contributed by atoms with van der Waals surface area (Å²) in [4.78, 5) is -0.216. The van der Waals surface area contributed by atoms with Crippen molar-refractivity contribution in [1.82, 2.24) is 3.71 Å². The van der Waals surface area contributed by atoms with Crippen molar-refractivity contribution in [3.63, 3.8) is 0 Å². The number of sulfonamides is 2. The largest absolute Gasteiger partial charge is 0.277 e. The standard InChI is InChI=1S/C21H19NO4S2/c1-18-9-8-10-19(17-18)15-16-22(27(23,24)20-11-4-2-5-12-20)28(25,26)21-13-6-3-7-14-21/h2-17H,1H3/b16-15+. The summed E-state index contributed by atoms with van der Waals surface area (Å²) < 4.78 is 53.0. The second kappa shape index (κ2) is 8.00. The van der Waals surface area contributed by atoms with Gasteiger partial charge in [-0.05, 0) is 42.8 Å². The SMILES string of the molecule is Cc1cccc(/C=C/N(S(=O)(=O)c2ccccc2)S(=O)(=O)c2ccccc2)c1. The molecule has 3 rings (SSSR count). The Hall–Kier alpha value is -2.90. The van der Waals surface area contributed by atoms with E-state index in [1.165, 1.54) is 30.3 Å². The fourth-order valence-corrected chi connectivity index (χ4v) is 6.01. The highest BCUT2D eigenvalue weighted by Crippen LogP contribution is 2.25. The molecule has 0 aromatic heterocycles. The lowest BCUT2D eigenvalue weighted by molar-refractivity contribution is 0.537. The zero-order valence-electron chi connectivity index (χ0n) is 15.1. The van der Waals surface area contributed by atoms with E-state index in [1.54, 1.807) is 42.5 Å². The van der Waals surface area contributed by atoms with Crippen molar-refractivity contribution in [2.45, 2.75) is 16.7 Å². The lowest BCUT2D eigenvalue weighted by atomic mass is 10.1. The molecule has 5 nitrogen and oxygen atoms in total. The lowest BCUT2D eigenvalue weighted by Crippen LogP contribution is -2.32. The molecule has 0 unspecified atom stereocenters. The molecule has 3 aromatic rings. The molecule has 28 heavy (non-hydrogen) atoms. The third-order valence-electron chi connectivity index (χ3n) is 3.99. The number of hydrogen-bond donors (Lipinski definition) is 0. The Labute approximate surface area is 165 Å². The van der Waals surface area contributed by atoms with E-state index in [0.29, 0.717) is 9.27 Å². The molecule has 0 amide bonds. The van der Waals surface area contributed by atoms with Gasteiger partial charge in [0.05, 0.1) is 9.79 Å². The lowest BCUT2D eigenvalue weighted by Gasteiger charge is -2.20. The summed E-state index contributed by atoms with van der Waals surface area (Å²) in [5.74, 6) is 0. The third kappa shape index (κ3) is 4.16. The molecule has 7 heteroatoms. The van der Waals surface area contributed by atoms with E-state index >= 15 is 0 Å². The Bertz CT molecular complexity index is 1120. The van der Waals surface area contributed by atoms with Crippen molar-refractivity contribution >= 4 is 26.1 Å². The highest BCUT2D eigenvalue weighted by Gasteiger charge is 2.33. The van der Waals surface area contributed by atoms with Gasteiger partial charge in [-0.3, -0.25) is 0 Å². The van der Waals surface area contributed by atoms with Crippen molar-refractivity contribution in [1.29, 1.82) is 0 Å². The molecular weight excluding hydrogens is 394 g/mol. The molecule has 0 N–H and O–H groups in total. The van der Waals surface area contributed by atoms with Gasteiger partial charge in [-0.15, -0.1) is 0 Å². The summed E-state index contributed by atoms with van der Waals surface area (Å²) in [6.07, 6.45) is 2.55. The smallest absolute Gasteiger partial charge is 0.200 e. The molecule has 3 aromatic carbocycles. The van der Waals surface area contributed by atoms with Gasteiger partial charge in [-0.1, -0.05) is 66.2 Å². The molecule has 0 fully saturated rings. The van der Waals surface area contributed by atoms with Crippen LogP contribution in [-0.2, 0) is 20.0 Å². The van der Waals surface area contributed by atoms with Crippen LogP contribution in [0.3, 0.4) is 0 Å². The van der Waals surface area contributed by atoms with Gasteiger partial charge >= 0.3 is 0 Å². The average molecular weight is 414 g/mol. The summed E-state index contributed by atoms with van der Waals surface area (Å²) in [6.45, 7) is 1.90. The number of nitrogens with zero attached hydrogens (tertiary/aromatic N) is 1. The van der Waals surface area contributed by atoms with Crippen LogP contribution >= 0.6 is 0 Å². The first kappa shape index (κ1) is 19.9. The number of hydrogen-bond acceptors (Lipinski definition) is 4. The van der Waals surface area contributed by atoms with E-state index < -0.39 is 20.0 Å². The van der Waals surface area contributed by atoms with Crippen molar-refractivity contribution in [2.75, 3.05) is 0 Å². The molecule has 0 saturated heterocycles. The van der Waals surface area contributed by atoms with Crippen molar-refractivity contribution in [3.8, 4) is 0 Å². The van der Waals surface area contributed by atoms with Crippen LogP contribution in [0.25, 0.3) is 6.08 Å². The fraction of sp³-hybridized carbons (Fsp3) is 0.0476. The molecule has 0 aliphatic heterocycles. The maximum atomic E-state index is 13.1. The second-order valence-electron chi connectivity index (χ2n) is 6.09. The van der Waals surface area contributed by atoms with E-state index in [0.717, 1.165) is 11.8 Å². The quantitative estimate of drug-likeness (QED) is 0.611. The van der Waals surface area contributed by atoms with Crippen molar-refractivity contribution in [3.05, 3.63) is 102 Å². The molecule has 0 radical (unpaired) electrons. The van der Waals surface area contributed by atoms with Crippen molar-refractivity contribution in [2.24, 2.45) is 0 Å². The third-order valence-corrected chi connectivity index (χ3v) is 8.09. The van der Waals surface area contributed by atoms with Crippen LogP contribution in [0.4, 0.5) is 0 Å². The molecule has 0 atom stereocenters. The van der Waals surface area contributed by atoms with Gasteiger partial charge in [-0.2, -0.15) is 3.71 Å². The molecule has 0 aliphatic rings. The Kier molecular flexibility index (Phi) is 5.67. The minimum absolute atomic E-state index is 0.108.